The minimum Gasteiger partial charge on any atom is -0.278 e. The number of carbonyl (C=O) groups excluding carboxylic acids is 1. The smallest absolute Gasteiger partial charge is 0.261 e. The van der Waals surface area contributed by atoms with Gasteiger partial charge in [0.15, 0.2) is 10.9 Å². The highest BCUT2D eigenvalue weighted by atomic mass is 35.5. The molecule has 2 heterocycles. The summed E-state index contributed by atoms with van der Waals surface area (Å²) in [6, 6.07) is 11.7. The zero-order valence-electron chi connectivity index (χ0n) is 14.6. The molecule has 2 aromatic heterocycles. The van der Waals surface area contributed by atoms with Gasteiger partial charge in [-0.1, -0.05) is 40.6 Å². The summed E-state index contributed by atoms with van der Waals surface area (Å²) in [6.45, 7) is 0.0720. The molecule has 29 heavy (non-hydrogen) atoms. The molecule has 0 fully saturated rings. The minimum atomic E-state index is -0.794. The van der Waals surface area contributed by atoms with Gasteiger partial charge in [-0.15, -0.1) is 0 Å². The minimum absolute atomic E-state index is 0.00701. The van der Waals surface area contributed by atoms with E-state index in [1.54, 1.807) is 30.5 Å². The number of aromatic nitrogens is 2. The lowest BCUT2D eigenvalue weighted by atomic mass is 10.2. The van der Waals surface area contributed by atoms with E-state index in [0.29, 0.717) is 15.4 Å². The molecule has 0 bridgehead atoms. The van der Waals surface area contributed by atoms with Gasteiger partial charge in [-0.2, -0.15) is 0 Å². The topological polar surface area (TPSA) is 46.1 Å². The molecule has 0 saturated heterocycles. The molecule has 0 N–H and O–H groups in total. The summed E-state index contributed by atoms with van der Waals surface area (Å²) in [5, 5.41) is 0.762. The fourth-order valence-corrected chi connectivity index (χ4v) is 4.24. The van der Waals surface area contributed by atoms with Crippen LogP contribution in [0, 0.1) is 11.6 Å². The van der Waals surface area contributed by atoms with Crippen LogP contribution in [-0.4, -0.2) is 15.9 Å². The fourth-order valence-electron chi connectivity index (χ4n) is 2.75. The van der Waals surface area contributed by atoms with E-state index in [2.05, 4.69) is 9.97 Å². The van der Waals surface area contributed by atoms with E-state index in [1.165, 1.54) is 23.1 Å². The Kier molecular flexibility index (Phi) is 5.45. The Hall–Kier alpha value is -2.61. The maximum absolute atomic E-state index is 14.1. The predicted molar refractivity (Wildman–Crippen MR) is 111 cm³/mol. The summed E-state index contributed by atoms with van der Waals surface area (Å²) < 4.78 is 28.0. The van der Waals surface area contributed by atoms with E-state index in [4.69, 9.17) is 23.2 Å². The summed E-state index contributed by atoms with van der Waals surface area (Å²) >= 11 is 13.1. The van der Waals surface area contributed by atoms with E-state index < -0.39 is 17.5 Å². The van der Waals surface area contributed by atoms with Crippen LogP contribution in [0.4, 0.5) is 13.9 Å². The largest absolute Gasteiger partial charge is 0.278 e. The Morgan fingerprint density at radius 2 is 1.93 bits per heavy atom. The van der Waals surface area contributed by atoms with Crippen LogP contribution in [0.3, 0.4) is 0 Å². The molecule has 4 aromatic rings. The third-order valence-electron chi connectivity index (χ3n) is 4.09. The zero-order valence-corrected chi connectivity index (χ0v) is 16.9. The van der Waals surface area contributed by atoms with E-state index in [-0.39, 0.29) is 27.8 Å². The first kappa shape index (κ1) is 19.7. The molecule has 0 spiro atoms. The van der Waals surface area contributed by atoms with Crippen molar-refractivity contribution < 1.29 is 13.6 Å². The van der Waals surface area contributed by atoms with Crippen molar-refractivity contribution in [1.29, 1.82) is 0 Å². The van der Waals surface area contributed by atoms with Crippen LogP contribution in [0.5, 0.6) is 0 Å². The number of benzene rings is 2. The van der Waals surface area contributed by atoms with E-state index >= 15 is 0 Å². The van der Waals surface area contributed by atoms with Gasteiger partial charge in [0.1, 0.15) is 11.3 Å². The number of hydrogen-bond donors (Lipinski definition) is 0. The quantitative estimate of drug-likeness (QED) is 0.376. The van der Waals surface area contributed by atoms with E-state index in [0.717, 1.165) is 17.4 Å². The van der Waals surface area contributed by atoms with Gasteiger partial charge >= 0.3 is 0 Å². The maximum atomic E-state index is 14.1. The molecule has 0 radical (unpaired) electrons. The number of thiazole rings is 1. The molecule has 0 aliphatic heterocycles. The molecular weight excluding hydrogens is 439 g/mol. The molecule has 4 nitrogen and oxygen atoms in total. The van der Waals surface area contributed by atoms with Gasteiger partial charge in [-0.05, 0) is 36.4 Å². The van der Waals surface area contributed by atoms with Crippen LogP contribution in [-0.2, 0) is 6.54 Å². The Morgan fingerprint density at radius 1 is 1.10 bits per heavy atom. The summed E-state index contributed by atoms with van der Waals surface area (Å²) in [5.74, 6) is -1.97. The van der Waals surface area contributed by atoms with Crippen molar-refractivity contribution in [2.24, 2.45) is 0 Å². The third kappa shape index (κ3) is 4.07. The second-order valence-corrected chi connectivity index (χ2v) is 7.92. The fraction of sp³-hybridized carbons (Fsp3) is 0.0500. The molecule has 0 unspecified atom stereocenters. The lowest BCUT2D eigenvalue weighted by molar-refractivity contribution is 0.0985. The summed E-state index contributed by atoms with van der Waals surface area (Å²) in [6.07, 6.45) is 1.60. The molecule has 0 atom stereocenters. The molecule has 1 amide bonds. The first-order chi connectivity index (χ1) is 13.9. The number of halogens is 4. The normalized spacial score (nSPS) is 11.0. The van der Waals surface area contributed by atoms with Crippen molar-refractivity contribution in [1.82, 2.24) is 9.97 Å². The van der Waals surface area contributed by atoms with Crippen LogP contribution in [0.25, 0.3) is 10.2 Å². The lowest BCUT2D eigenvalue weighted by Crippen LogP contribution is -2.31. The Bertz CT molecular complexity index is 1220. The van der Waals surface area contributed by atoms with Crippen molar-refractivity contribution in [2.45, 2.75) is 6.54 Å². The van der Waals surface area contributed by atoms with Crippen LogP contribution in [0.15, 0.2) is 54.7 Å². The Balaban J connectivity index is 1.82. The van der Waals surface area contributed by atoms with Gasteiger partial charge in [0.05, 0.1) is 27.5 Å². The highest BCUT2D eigenvalue weighted by molar-refractivity contribution is 7.22. The number of hydrogen-bond acceptors (Lipinski definition) is 4. The van der Waals surface area contributed by atoms with Crippen molar-refractivity contribution in [3.63, 3.8) is 0 Å². The van der Waals surface area contributed by atoms with Crippen molar-refractivity contribution in [3.8, 4) is 0 Å². The van der Waals surface area contributed by atoms with Crippen LogP contribution in [0.1, 0.15) is 16.1 Å². The maximum Gasteiger partial charge on any atom is 0.261 e. The summed E-state index contributed by atoms with van der Waals surface area (Å²) in [7, 11) is 0. The first-order valence-electron chi connectivity index (χ1n) is 8.35. The SMILES string of the molecule is O=C(c1ccc(Cl)cc1Cl)N(Cc1ccccn1)c1nc2c(F)cc(F)cc2s1. The van der Waals surface area contributed by atoms with E-state index in [9.17, 15) is 13.6 Å². The van der Waals surface area contributed by atoms with Gasteiger partial charge in [-0.3, -0.25) is 14.7 Å². The lowest BCUT2D eigenvalue weighted by Gasteiger charge is -2.20. The van der Waals surface area contributed by atoms with Crippen LogP contribution >= 0.6 is 34.5 Å². The number of rotatable bonds is 4. The predicted octanol–water partition coefficient (Wildman–Crippen LogP) is 6.12. The van der Waals surface area contributed by atoms with E-state index in [1.807, 2.05) is 0 Å². The number of anilines is 1. The molecule has 4 rings (SSSR count). The molecule has 0 aliphatic carbocycles. The highest BCUT2D eigenvalue weighted by Gasteiger charge is 2.25. The Morgan fingerprint density at radius 3 is 2.66 bits per heavy atom. The molecule has 2 aromatic carbocycles. The van der Waals surface area contributed by atoms with Gasteiger partial charge in [0.25, 0.3) is 5.91 Å². The zero-order chi connectivity index (χ0) is 20.5. The van der Waals surface area contributed by atoms with Crippen molar-refractivity contribution in [3.05, 3.63) is 87.7 Å². The summed E-state index contributed by atoms with van der Waals surface area (Å²) in [4.78, 5) is 23.1. The molecule has 0 saturated carbocycles. The average molecular weight is 450 g/mol. The Labute approximate surface area is 178 Å². The number of nitrogens with zero attached hydrogens (tertiary/aromatic N) is 3. The second-order valence-electron chi connectivity index (χ2n) is 6.07. The van der Waals surface area contributed by atoms with Crippen LogP contribution < -0.4 is 4.90 Å². The summed E-state index contributed by atoms with van der Waals surface area (Å²) in [5.41, 5.74) is 0.794. The number of carbonyl (C=O) groups is 1. The molecule has 146 valence electrons. The number of amides is 1. The van der Waals surface area contributed by atoms with Gasteiger partial charge in [0, 0.05) is 17.3 Å². The third-order valence-corrected chi connectivity index (χ3v) is 5.66. The molecule has 0 aliphatic rings. The average Bonchev–Trinajstić information content (AvgIpc) is 3.10. The van der Waals surface area contributed by atoms with Crippen molar-refractivity contribution in [2.75, 3.05) is 4.90 Å². The molecule has 9 heteroatoms. The highest BCUT2D eigenvalue weighted by Crippen LogP contribution is 2.33. The van der Waals surface area contributed by atoms with Gasteiger partial charge in [0.2, 0.25) is 0 Å². The number of fused-ring (bicyclic) bond motifs is 1. The van der Waals surface area contributed by atoms with Crippen molar-refractivity contribution >= 4 is 55.8 Å². The first-order valence-corrected chi connectivity index (χ1v) is 9.92. The van der Waals surface area contributed by atoms with Gasteiger partial charge in [-0.25, -0.2) is 13.8 Å². The monoisotopic (exact) mass is 449 g/mol. The standard InChI is InChI=1S/C20H11Cl2F2N3OS/c21-11-4-5-14(15(22)7-11)19(28)27(10-13-3-1-2-6-25-13)20-26-18-16(24)8-12(23)9-17(18)29-20/h1-9H,10H2. The molecular formula is C20H11Cl2F2N3OS. The number of pyridine rings is 1. The second kappa shape index (κ2) is 8.02. The van der Waals surface area contributed by atoms with Crippen LogP contribution in [0.2, 0.25) is 10.0 Å². The van der Waals surface area contributed by atoms with Gasteiger partial charge < -0.3 is 0 Å².